The Balaban J connectivity index is 2.37. The van der Waals surface area contributed by atoms with Gasteiger partial charge < -0.3 is 4.74 Å². The van der Waals surface area contributed by atoms with Crippen molar-refractivity contribution in [2.75, 3.05) is 26.7 Å². The number of rotatable bonds is 4. The Hall–Kier alpha value is -1.66. The number of likely N-dealkylation sites (N-methyl/N-ethyl adjacent to an activating group) is 1. The fraction of sp³-hybridized carbons (Fsp3) is 0.500. The van der Waals surface area contributed by atoms with Crippen LogP contribution in [0.25, 0.3) is 0 Å². The van der Waals surface area contributed by atoms with Crippen LogP contribution in [0.5, 0.6) is 0 Å². The van der Waals surface area contributed by atoms with Gasteiger partial charge in [-0.25, -0.2) is 0 Å². The molecule has 0 saturated carbocycles. The van der Waals surface area contributed by atoms with E-state index in [0.29, 0.717) is 11.6 Å². The SMILES string of the molecule is CC(=O)OC[C@]1([N+](=O)[O-])CN(C)C[C@@H]1c1ccc(Cl)cc1. The van der Waals surface area contributed by atoms with E-state index in [2.05, 4.69) is 0 Å². The van der Waals surface area contributed by atoms with Crippen molar-refractivity contribution in [1.29, 1.82) is 0 Å². The van der Waals surface area contributed by atoms with Gasteiger partial charge in [0, 0.05) is 23.4 Å². The molecule has 0 radical (unpaired) electrons. The third kappa shape index (κ3) is 3.16. The Morgan fingerprint density at radius 2 is 2.14 bits per heavy atom. The van der Waals surface area contributed by atoms with Crippen molar-refractivity contribution in [3.05, 3.63) is 45.0 Å². The summed E-state index contributed by atoms with van der Waals surface area (Å²) in [5.41, 5.74) is -0.499. The number of benzene rings is 1. The van der Waals surface area contributed by atoms with E-state index in [1.807, 2.05) is 11.9 Å². The normalized spacial score (nSPS) is 25.8. The Kier molecular flexibility index (Phi) is 4.49. The predicted octanol–water partition coefficient (Wildman–Crippen LogP) is 1.95. The first-order valence-electron chi connectivity index (χ1n) is 6.57. The molecular weight excluding hydrogens is 296 g/mol. The zero-order valence-electron chi connectivity index (χ0n) is 11.9. The number of hydrogen-bond acceptors (Lipinski definition) is 5. The van der Waals surface area contributed by atoms with E-state index in [9.17, 15) is 14.9 Å². The van der Waals surface area contributed by atoms with Crippen molar-refractivity contribution in [3.63, 3.8) is 0 Å². The Morgan fingerprint density at radius 3 is 2.67 bits per heavy atom. The van der Waals surface area contributed by atoms with Crippen molar-refractivity contribution in [2.45, 2.75) is 18.4 Å². The first-order valence-corrected chi connectivity index (χ1v) is 6.95. The molecule has 0 spiro atoms. The molecule has 6 nitrogen and oxygen atoms in total. The number of likely N-dealkylation sites (tertiary alicyclic amines) is 1. The Labute approximate surface area is 127 Å². The molecule has 0 amide bonds. The van der Waals surface area contributed by atoms with Crippen LogP contribution >= 0.6 is 11.6 Å². The number of ether oxygens (including phenoxy) is 1. The number of nitrogens with zero attached hydrogens (tertiary/aromatic N) is 2. The van der Waals surface area contributed by atoms with E-state index < -0.39 is 11.5 Å². The topological polar surface area (TPSA) is 72.7 Å². The lowest BCUT2D eigenvalue weighted by molar-refractivity contribution is -0.572. The molecule has 1 aliphatic rings. The summed E-state index contributed by atoms with van der Waals surface area (Å²) in [7, 11) is 1.82. The van der Waals surface area contributed by atoms with E-state index in [1.54, 1.807) is 24.3 Å². The van der Waals surface area contributed by atoms with E-state index in [1.165, 1.54) is 6.92 Å². The van der Waals surface area contributed by atoms with Gasteiger partial charge in [-0.05, 0) is 24.7 Å². The minimum atomic E-state index is -1.33. The molecule has 7 heteroatoms. The van der Waals surface area contributed by atoms with Gasteiger partial charge in [0.15, 0.2) is 6.61 Å². The Morgan fingerprint density at radius 1 is 1.52 bits per heavy atom. The number of hydrogen-bond donors (Lipinski definition) is 0. The molecule has 0 unspecified atom stereocenters. The molecule has 1 saturated heterocycles. The third-order valence-corrected chi connectivity index (χ3v) is 4.10. The van der Waals surface area contributed by atoms with Crippen molar-refractivity contribution in [1.82, 2.24) is 4.90 Å². The summed E-state index contributed by atoms with van der Waals surface area (Å²) in [6.45, 7) is 1.79. The fourth-order valence-corrected chi connectivity index (χ4v) is 2.97. The summed E-state index contributed by atoms with van der Waals surface area (Å²) in [6.07, 6.45) is 0. The summed E-state index contributed by atoms with van der Waals surface area (Å²) in [5, 5.41) is 12.3. The van der Waals surface area contributed by atoms with Crippen LogP contribution in [0.2, 0.25) is 5.02 Å². The van der Waals surface area contributed by atoms with Gasteiger partial charge in [-0.2, -0.15) is 0 Å². The minimum absolute atomic E-state index is 0.229. The summed E-state index contributed by atoms with van der Waals surface area (Å²) in [6, 6.07) is 7.01. The van der Waals surface area contributed by atoms with Gasteiger partial charge in [-0.15, -0.1) is 0 Å². The lowest BCUT2D eigenvalue weighted by Crippen LogP contribution is -2.49. The molecule has 21 heavy (non-hydrogen) atoms. The fourth-order valence-electron chi connectivity index (χ4n) is 2.85. The average Bonchev–Trinajstić information content (AvgIpc) is 2.75. The van der Waals surface area contributed by atoms with E-state index in [0.717, 1.165) is 5.56 Å². The second-order valence-electron chi connectivity index (χ2n) is 5.44. The molecular formula is C14H17ClN2O4. The monoisotopic (exact) mass is 312 g/mol. The van der Waals surface area contributed by atoms with Gasteiger partial charge in [0.2, 0.25) is 0 Å². The maximum Gasteiger partial charge on any atom is 0.302 e. The van der Waals surface area contributed by atoms with Gasteiger partial charge in [0.1, 0.15) is 0 Å². The average molecular weight is 313 g/mol. The highest BCUT2D eigenvalue weighted by Crippen LogP contribution is 2.38. The van der Waals surface area contributed by atoms with Gasteiger partial charge in [-0.1, -0.05) is 23.7 Å². The largest absolute Gasteiger partial charge is 0.458 e. The molecule has 0 bridgehead atoms. The lowest BCUT2D eigenvalue weighted by Gasteiger charge is -2.26. The molecule has 0 aliphatic carbocycles. The molecule has 1 fully saturated rings. The number of halogens is 1. The van der Waals surface area contributed by atoms with Crippen LogP contribution in [0, 0.1) is 10.1 Å². The quantitative estimate of drug-likeness (QED) is 0.482. The molecule has 1 aliphatic heterocycles. The van der Waals surface area contributed by atoms with Crippen LogP contribution in [0.1, 0.15) is 18.4 Å². The van der Waals surface area contributed by atoms with Crippen LogP contribution < -0.4 is 0 Å². The first kappa shape index (κ1) is 15.7. The van der Waals surface area contributed by atoms with Crippen molar-refractivity contribution in [2.24, 2.45) is 0 Å². The summed E-state index contributed by atoms with van der Waals surface area (Å²) in [4.78, 5) is 24.3. The van der Waals surface area contributed by atoms with E-state index in [-0.39, 0.29) is 24.0 Å². The molecule has 2 rings (SSSR count). The maximum absolute atomic E-state index is 11.7. The highest BCUT2D eigenvalue weighted by atomic mass is 35.5. The van der Waals surface area contributed by atoms with Crippen LogP contribution in [-0.4, -0.2) is 48.1 Å². The van der Waals surface area contributed by atoms with Gasteiger partial charge in [-0.3, -0.25) is 19.8 Å². The first-order chi connectivity index (χ1) is 9.85. The molecule has 2 atom stereocenters. The van der Waals surface area contributed by atoms with Crippen LogP contribution in [0.15, 0.2) is 24.3 Å². The molecule has 1 aromatic carbocycles. The molecule has 0 N–H and O–H groups in total. The standard InChI is InChI=1S/C14H17ClN2O4/c1-10(18)21-9-14(17(19)20)8-16(2)7-13(14)11-3-5-12(15)6-4-11/h3-6,13H,7-9H2,1-2H3/t13-,14-/m1/s1. The number of esters is 1. The zero-order valence-corrected chi connectivity index (χ0v) is 12.7. The second kappa shape index (κ2) is 5.99. The van der Waals surface area contributed by atoms with Crippen molar-refractivity contribution < 1.29 is 14.5 Å². The van der Waals surface area contributed by atoms with E-state index in [4.69, 9.17) is 16.3 Å². The number of carbonyl (C=O) groups excluding carboxylic acids is 1. The molecule has 1 aromatic rings. The highest BCUT2D eigenvalue weighted by molar-refractivity contribution is 6.30. The minimum Gasteiger partial charge on any atom is -0.458 e. The van der Waals surface area contributed by atoms with Crippen LogP contribution in [0.4, 0.5) is 0 Å². The molecule has 114 valence electrons. The van der Waals surface area contributed by atoms with Crippen LogP contribution in [-0.2, 0) is 9.53 Å². The van der Waals surface area contributed by atoms with Crippen molar-refractivity contribution in [3.8, 4) is 0 Å². The van der Waals surface area contributed by atoms with E-state index >= 15 is 0 Å². The van der Waals surface area contributed by atoms with Crippen molar-refractivity contribution >= 4 is 17.6 Å². The number of carbonyl (C=O) groups is 1. The molecule has 1 heterocycles. The molecule has 0 aromatic heterocycles. The summed E-state index contributed by atoms with van der Waals surface area (Å²) in [5.74, 6) is -0.866. The van der Waals surface area contributed by atoms with Gasteiger partial charge >= 0.3 is 5.97 Å². The maximum atomic E-state index is 11.7. The van der Waals surface area contributed by atoms with Gasteiger partial charge in [0.25, 0.3) is 5.54 Å². The van der Waals surface area contributed by atoms with Gasteiger partial charge in [0.05, 0.1) is 12.5 Å². The predicted molar refractivity (Wildman–Crippen MR) is 78.0 cm³/mol. The number of nitro groups is 1. The smallest absolute Gasteiger partial charge is 0.302 e. The summed E-state index contributed by atoms with van der Waals surface area (Å²) >= 11 is 5.87. The van der Waals surface area contributed by atoms with Crippen LogP contribution in [0.3, 0.4) is 0 Å². The zero-order chi connectivity index (χ0) is 15.6. The Bertz CT molecular complexity index is 548. The summed E-state index contributed by atoms with van der Waals surface area (Å²) < 4.78 is 4.98. The second-order valence-corrected chi connectivity index (χ2v) is 5.88. The third-order valence-electron chi connectivity index (χ3n) is 3.85. The highest BCUT2D eigenvalue weighted by Gasteiger charge is 2.57. The lowest BCUT2D eigenvalue weighted by atomic mass is 9.83.